The summed E-state index contributed by atoms with van der Waals surface area (Å²) in [5.74, 6) is -0.977. The second kappa shape index (κ2) is 6.18. The second-order valence-electron chi connectivity index (χ2n) is 4.47. The van der Waals surface area contributed by atoms with Gasteiger partial charge in [-0.05, 0) is 27.0 Å². The van der Waals surface area contributed by atoms with Gasteiger partial charge in [-0.3, -0.25) is 0 Å². The maximum Gasteiger partial charge on any atom is 0.405 e. The molecule has 1 aromatic rings. The molecule has 1 heterocycles. The van der Waals surface area contributed by atoms with Gasteiger partial charge < -0.3 is 10.2 Å². The largest absolute Gasteiger partial charge is 0.405 e. The SMILES string of the molecule is CNCc1ccnc(N(CC(F)(F)F)C(C)C)c1F. The van der Waals surface area contributed by atoms with E-state index >= 15 is 0 Å². The van der Waals surface area contributed by atoms with Crippen molar-refractivity contribution in [1.82, 2.24) is 10.3 Å². The van der Waals surface area contributed by atoms with Gasteiger partial charge in [0, 0.05) is 24.3 Å². The summed E-state index contributed by atoms with van der Waals surface area (Å²) in [5.41, 5.74) is 0.292. The van der Waals surface area contributed by atoms with Crippen LogP contribution in [0.5, 0.6) is 0 Å². The minimum Gasteiger partial charge on any atom is -0.343 e. The Balaban J connectivity index is 3.12. The van der Waals surface area contributed by atoms with Crippen LogP contribution in [0.1, 0.15) is 19.4 Å². The number of rotatable bonds is 5. The Bertz CT molecular complexity index is 418. The summed E-state index contributed by atoms with van der Waals surface area (Å²) in [6.07, 6.45) is -3.09. The van der Waals surface area contributed by atoms with E-state index < -0.39 is 24.6 Å². The summed E-state index contributed by atoms with van der Waals surface area (Å²) in [6.45, 7) is 2.14. The molecule has 1 rings (SSSR count). The zero-order valence-electron chi connectivity index (χ0n) is 11.1. The van der Waals surface area contributed by atoms with Crippen molar-refractivity contribution >= 4 is 5.82 Å². The second-order valence-corrected chi connectivity index (χ2v) is 4.47. The lowest BCUT2D eigenvalue weighted by Crippen LogP contribution is -2.40. The molecule has 0 spiro atoms. The van der Waals surface area contributed by atoms with E-state index in [0.717, 1.165) is 4.90 Å². The lowest BCUT2D eigenvalue weighted by molar-refractivity contribution is -0.120. The van der Waals surface area contributed by atoms with Crippen molar-refractivity contribution in [2.75, 3.05) is 18.5 Å². The quantitative estimate of drug-likeness (QED) is 0.840. The zero-order valence-corrected chi connectivity index (χ0v) is 11.1. The highest BCUT2D eigenvalue weighted by Gasteiger charge is 2.33. The Hall–Kier alpha value is -1.37. The van der Waals surface area contributed by atoms with Crippen LogP contribution < -0.4 is 10.2 Å². The number of hydrogen-bond acceptors (Lipinski definition) is 3. The highest BCUT2D eigenvalue weighted by molar-refractivity contribution is 5.44. The molecule has 0 fully saturated rings. The van der Waals surface area contributed by atoms with Crippen molar-refractivity contribution < 1.29 is 17.6 Å². The summed E-state index contributed by atoms with van der Waals surface area (Å²) in [6, 6.07) is 0.940. The van der Waals surface area contributed by atoms with Crippen molar-refractivity contribution in [2.24, 2.45) is 0 Å². The van der Waals surface area contributed by atoms with E-state index in [-0.39, 0.29) is 12.4 Å². The van der Waals surface area contributed by atoms with Crippen LogP contribution in [0.4, 0.5) is 23.4 Å². The van der Waals surface area contributed by atoms with Crippen molar-refractivity contribution in [3.8, 4) is 0 Å². The van der Waals surface area contributed by atoms with Crippen LogP contribution in [0.15, 0.2) is 12.3 Å². The van der Waals surface area contributed by atoms with Crippen molar-refractivity contribution in [3.05, 3.63) is 23.6 Å². The van der Waals surface area contributed by atoms with Gasteiger partial charge in [-0.25, -0.2) is 9.37 Å². The van der Waals surface area contributed by atoms with Crippen molar-refractivity contribution in [2.45, 2.75) is 32.6 Å². The van der Waals surface area contributed by atoms with E-state index in [0.29, 0.717) is 5.56 Å². The van der Waals surface area contributed by atoms with Crippen LogP contribution in [0.3, 0.4) is 0 Å². The Labute approximate surface area is 109 Å². The maximum absolute atomic E-state index is 14.1. The number of hydrogen-bond donors (Lipinski definition) is 1. The van der Waals surface area contributed by atoms with E-state index in [1.807, 2.05) is 0 Å². The third kappa shape index (κ3) is 4.34. The summed E-state index contributed by atoms with van der Waals surface area (Å²) in [5, 5.41) is 2.76. The van der Waals surface area contributed by atoms with Crippen LogP contribution in [-0.2, 0) is 6.54 Å². The van der Waals surface area contributed by atoms with Gasteiger partial charge in [-0.2, -0.15) is 13.2 Å². The van der Waals surface area contributed by atoms with Gasteiger partial charge in [-0.1, -0.05) is 0 Å². The van der Waals surface area contributed by atoms with Gasteiger partial charge in [-0.15, -0.1) is 0 Å². The molecule has 0 bridgehead atoms. The fourth-order valence-corrected chi connectivity index (χ4v) is 1.69. The lowest BCUT2D eigenvalue weighted by atomic mass is 10.2. The summed E-state index contributed by atoms with van der Waals surface area (Å²) in [4.78, 5) is 4.66. The molecule has 0 saturated carbocycles. The number of nitrogens with zero attached hydrogens (tertiary/aromatic N) is 2. The van der Waals surface area contributed by atoms with Gasteiger partial charge in [0.1, 0.15) is 6.54 Å². The lowest BCUT2D eigenvalue weighted by Gasteiger charge is -2.29. The normalized spacial score (nSPS) is 12.0. The van der Waals surface area contributed by atoms with Crippen molar-refractivity contribution in [1.29, 1.82) is 0 Å². The van der Waals surface area contributed by atoms with E-state index in [4.69, 9.17) is 0 Å². The molecule has 0 amide bonds. The first-order valence-electron chi connectivity index (χ1n) is 5.87. The molecule has 0 aliphatic carbocycles. The molecule has 0 aromatic carbocycles. The Morgan fingerprint density at radius 3 is 2.47 bits per heavy atom. The van der Waals surface area contributed by atoms with Gasteiger partial charge in [0.05, 0.1) is 0 Å². The summed E-state index contributed by atoms with van der Waals surface area (Å²) in [7, 11) is 1.63. The molecular weight excluding hydrogens is 262 g/mol. The predicted molar refractivity (Wildman–Crippen MR) is 65.5 cm³/mol. The monoisotopic (exact) mass is 279 g/mol. The van der Waals surface area contributed by atoms with Gasteiger partial charge in [0.2, 0.25) is 0 Å². The van der Waals surface area contributed by atoms with Crippen LogP contribution in [0, 0.1) is 5.82 Å². The molecule has 0 saturated heterocycles. The van der Waals surface area contributed by atoms with Crippen LogP contribution in [0.2, 0.25) is 0 Å². The number of nitrogens with one attached hydrogen (secondary N) is 1. The predicted octanol–water partition coefficient (Wildman–Crippen LogP) is 2.72. The first-order chi connectivity index (χ1) is 8.76. The molecule has 0 unspecified atom stereocenters. The molecule has 0 aliphatic heterocycles. The first kappa shape index (κ1) is 15.7. The van der Waals surface area contributed by atoms with Gasteiger partial charge >= 0.3 is 6.18 Å². The number of halogens is 4. The molecule has 3 nitrogen and oxygen atoms in total. The minimum atomic E-state index is -4.41. The average molecular weight is 279 g/mol. The highest BCUT2D eigenvalue weighted by atomic mass is 19.4. The number of alkyl halides is 3. The van der Waals surface area contributed by atoms with E-state index in [1.165, 1.54) is 12.3 Å². The molecule has 0 radical (unpaired) electrons. The maximum atomic E-state index is 14.1. The summed E-state index contributed by atoms with van der Waals surface area (Å²) >= 11 is 0. The molecule has 108 valence electrons. The Morgan fingerprint density at radius 1 is 1.37 bits per heavy atom. The fraction of sp³-hybridized carbons (Fsp3) is 0.583. The van der Waals surface area contributed by atoms with E-state index in [2.05, 4.69) is 10.3 Å². The Morgan fingerprint density at radius 2 is 2.00 bits per heavy atom. The molecule has 19 heavy (non-hydrogen) atoms. The smallest absolute Gasteiger partial charge is 0.343 e. The average Bonchev–Trinajstić information content (AvgIpc) is 2.28. The third-order valence-electron chi connectivity index (χ3n) is 2.56. The molecular formula is C12H17F4N3. The molecule has 0 aliphatic rings. The van der Waals surface area contributed by atoms with E-state index in [1.54, 1.807) is 20.9 Å². The van der Waals surface area contributed by atoms with Crippen LogP contribution >= 0.6 is 0 Å². The topological polar surface area (TPSA) is 28.2 Å². The highest BCUT2D eigenvalue weighted by Crippen LogP contribution is 2.26. The molecule has 0 atom stereocenters. The van der Waals surface area contributed by atoms with E-state index in [9.17, 15) is 17.6 Å². The zero-order chi connectivity index (χ0) is 14.6. The molecule has 1 aromatic heterocycles. The number of pyridine rings is 1. The number of aromatic nitrogens is 1. The van der Waals surface area contributed by atoms with Gasteiger partial charge in [0.25, 0.3) is 0 Å². The van der Waals surface area contributed by atoms with Crippen molar-refractivity contribution in [3.63, 3.8) is 0 Å². The molecule has 1 N–H and O–H groups in total. The Kier molecular flexibility index (Phi) is 5.11. The standard InChI is InChI=1S/C12H17F4N3/c1-8(2)19(7-12(14,15)16)11-10(13)9(6-17-3)4-5-18-11/h4-5,8,17H,6-7H2,1-3H3. The van der Waals surface area contributed by atoms with Crippen LogP contribution in [-0.4, -0.2) is 30.8 Å². The van der Waals surface area contributed by atoms with Gasteiger partial charge in [0.15, 0.2) is 11.6 Å². The minimum absolute atomic E-state index is 0.235. The fourth-order valence-electron chi connectivity index (χ4n) is 1.69. The molecule has 7 heteroatoms. The summed E-state index contributed by atoms with van der Waals surface area (Å²) < 4.78 is 51.7. The van der Waals surface area contributed by atoms with Crippen LogP contribution in [0.25, 0.3) is 0 Å². The number of anilines is 1. The first-order valence-corrected chi connectivity index (χ1v) is 5.87. The third-order valence-corrected chi connectivity index (χ3v) is 2.56.